The van der Waals surface area contributed by atoms with Gasteiger partial charge in [0.1, 0.15) is 17.1 Å². The highest BCUT2D eigenvalue weighted by atomic mass is 16.5. The van der Waals surface area contributed by atoms with Crippen LogP contribution in [0.3, 0.4) is 0 Å². The Bertz CT molecular complexity index is 1140. The van der Waals surface area contributed by atoms with Crippen LogP contribution >= 0.6 is 0 Å². The Morgan fingerprint density at radius 1 is 0.686 bits per heavy atom. The molecule has 0 aliphatic heterocycles. The minimum atomic E-state index is -0.902. The Hall–Kier alpha value is -3.80. The number of benzene rings is 4. The maximum atomic E-state index is 10.8. The molecule has 0 saturated carbocycles. The van der Waals surface area contributed by atoms with Gasteiger partial charge in [0.05, 0.1) is 26.9 Å². The fraction of sp³-hybridized carbons (Fsp3) is 0.200. The van der Waals surface area contributed by atoms with Crippen LogP contribution in [0.15, 0.2) is 103 Å². The van der Waals surface area contributed by atoms with Gasteiger partial charge in [0.15, 0.2) is 0 Å². The molecule has 0 bridgehead atoms. The van der Waals surface area contributed by atoms with Gasteiger partial charge in [-0.25, -0.2) is 0 Å². The van der Waals surface area contributed by atoms with Crippen LogP contribution in [-0.4, -0.2) is 25.9 Å². The summed E-state index contributed by atoms with van der Waals surface area (Å²) in [5, 5.41) is 10.8. The standard InChI is InChI=1S/C30H31NO4/c1-33-27-16-10-24(11-17-27)30(23-6-4-3-5-7-23,25-12-18-28(34-2)19-13-25)35-21-20-29(32)22-8-14-26(31)15-9-22/h3-19,29,32H,20-21,31H2,1-2H3. The Labute approximate surface area is 206 Å². The average molecular weight is 470 g/mol. The topological polar surface area (TPSA) is 73.9 Å². The van der Waals surface area contributed by atoms with Gasteiger partial charge in [-0.3, -0.25) is 0 Å². The molecular formula is C30H31NO4. The molecule has 35 heavy (non-hydrogen) atoms. The molecule has 5 heteroatoms. The van der Waals surface area contributed by atoms with E-state index in [0.29, 0.717) is 18.7 Å². The van der Waals surface area contributed by atoms with Crippen molar-refractivity contribution in [2.75, 3.05) is 26.6 Å². The lowest BCUT2D eigenvalue weighted by Crippen LogP contribution is -2.33. The van der Waals surface area contributed by atoms with Crippen molar-refractivity contribution < 1.29 is 19.3 Å². The first-order valence-electron chi connectivity index (χ1n) is 11.6. The first-order valence-corrected chi connectivity index (χ1v) is 11.6. The minimum Gasteiger partial charge on any atom is -0.497 e. The molecule has 0 fully saturated rings. The summed E-state index contributed by atoms with van der Waals surface area (Å²) < 4.78 is 17.6. The van der Waals surface area contributed by atoms with Crippen LogP contribution in [0, 0.1) is 0 Å². The molecule has 0 aliphatic carbocycles. The highest BCUT2D eigenvalue weighted by molar-refractivity contribution is 5.49. The van der Waals surface area contributed by atoms with Crippen LogP contribution in [0.2, 0.25) is 0 Å². The smallest absolute Gasteiger partial charge is 0.143 e. The molecule has 1 unspecified atom stereocenters. The molecule has 0 saturated heterocycles. The summed E-state index contributed by atoms with van der Waals surface area (Å²) in [6.07, 6.45) is -0.249. The van der Waals surface area contributed by atoms with E-state index in [4.69, 9.17) is 19.9 Å². The van der Waals surface area contributed by atoms with Gasteiger partial charge in [0, 0.05) is 12.1 Å². The SMILES string of the molecule is COc1ccc(C(OCCC(O)c2ccc(N)cc2)(c2ccccc2)c2ccc(OC)cc2)cc1. The van der Waals surface area contributed by atoms with Crippen molar-refractivity contribution in [1.29, 1.82) is 0 Å². The van der Waals surface area contributed by atoms with Crippen molar-refractivity contribution >= 4 is 5.69 Å². The van der Waals surface area contributed by atoms with Gasteiger partial charge in [-0.15, -0.1) is 0 Å². The fourth-order valence-corrected chi connectivity index (χ4v) is 4.28. The predicted octanol–water partition coefficient (Wildman–Crippen LogP) is 5.72. The van der Waals surface area contributed by atoms with Crippen LogP contribution in [-0.2, 0) is 10.3 Å². The number of aliphatic hydroxyl groups is 1. The Morgan fingerprint density at radius 2 is 1.17 bits per heavy atom. The molecule has 3 N–H and O–H groups in total. The molecule has 0 aliphatic rings. The number of aliphatic hydroxyl groups excluding tert-OH is 1. The monoisotopic (exact) mass is 469 g/mol. The largest absolute Gasteiger partial charge is 0.497 e. The Balaban J connectivity index is 1.74. The number of hydrogen-bond donors (Lipinski definition) is 2. The normalized spacial score (nSPS) is 12.2. The van der Waals surface area contributed by atoms with Gasteiger partial charge in [-0.1, -0.05) is 66.7 Å². The van der Waals surface area contributed by atoms with Gasteiger partial charge in [0.2, 0.25) is 0 Å². The lowest BCUT2D eigenvalue weighted by Gasteiger charge is -2.36. The molecule has 0 radical (unpaired) electrons. The summed E-state index contributed by atoms with van der Waals surface area (Å²) >= 11 is 0. The number of ether oxygens (including phenoxy) is 3. The molecule has 0 amide bonds. The fourth-order valence-electron chi connectivity index (χ4n) is 4.28. The highest BCUT2D eigenvalue weighted by Crippen LogP contribution is 2.42. The maximum absolute atomic E-state index is 10.8. The number of rotatable bonds is 10. The molecule has 0 aromatic heterocycles. The van der Waals surface area contributed by atoms with Crippen molar-refractivity contribution in [2.24, 2.45) is 0 Å². The third-order valence-corrected chi connectivity index (χ3v) is 6.20. The number of anilines is 1. The van der Waals surface area contributed by atoms with Crippen LogP contribution in [0.5, 0.6) is 11.5 Å². The van der Waals surface area contributed by atoms with E-state index in [1.54, 1.807) is 26.4 Å². The van der Waals surface area contributed by atoms with E-state index in [0.717, 1.165) is 33.8 Å². The van der Waals surface area contributed by atoms with Crippen molar-refractivity contribution in [3.05, 3.63) is 125 Å². The molecule has 1 atom stereocenters. The molecule has 0 heterocycles. The molecule has 4 rings (SSSR count). The third kappa shape index (κ3) is 5.32. The molecule has 180 valence electrons. The summed E-state index contributed by atoms with van der Waals surface area (Å²) in [6, 6.07) is 33.2. The van der Waals surface area contributed by atoms with Gasteiger partial charge >= 0.3 is 0 Å². The van der Waals surface area contributed by atoms with Crippen molar-refractivity contribution in [3.8, 4) is 11.5 Å². The zero-order chi connectivity index (χ0) is 24.7. The van der Waals surface area contributed by atoms with E-state index in [1.165, 1.54) is 0 Å². The molecule has 4 aromatic rings. The number of hydrogen-bond acceptors (Lipinski definition) is 5. The van der Waals surface area contributed by atoms with E-state index in [1.807, 2.05) is 78.9 Å². The highest BCUT2D eigenvalue weighted by Gasteiger charge is 2.38. The van der Waals surface area contributed by atoms with Gasteiger partial charge in [0.25, 0.3) is 0 Å². The second kappa shape index (κ2) is 11.1. The lowest BCUT2D eigenvalue weighted by molar-refractivity contribution is -0.00570. The van der Waals surface area contributed by atoms with E-state index >= 15 is 0 Å². The van der Waals surface area contributed by atoms with Gasteiger partial charge in [-0.05, 0) is 58.7 Å². The minimum absolute atomic E-state index is 0.318. The second-order valence-electron chi connectivity index (χ2n) is 8.32. The zero-order valence-electron chi connectivity index (χ0n) is 20.1. The van der Waals surface area contributed by atoms with Crippen LogP contribution < -0.4 is 15.2 Å². The number of nitrogens with two attached hydrogens (primary N) is 1. The van der Waals surface area contributed by atoms with Crippen molar-refractivity contribution in [2.45, 2.75) is 18.1 Å². The number of methoxy groups -OCH3 is 2. The van der Waals surface area contributed by atoms with E-state index in [9.17, 15) is 5.11 Å². The lowest BCUT2D eigenvalue weighted by atomic mass is 9.80. The zero-order valence-corrected chi connectivity index (χ0v) is 20.1. The summed E-state index contributed by atoms with van der Waals surface area (Å²) in [4.78, 5) is 0. The van der Waals surface area contributed by atoms with Crippen LogP contribution in [0.25, 0.3) is 0 Å². The van der Waals surface area contributed by atoms with Crippen LogP contribution in [0.4, 0.5) is 5.69 Å². The summed E-state index contributed by atoms with van der Waals surface area (Å²) in [5.41, 5.74) is 9.26. The quantitative estimate of drug-likeness (QED) is 0.230. The Kier molecular flexibility index (Phi) is 7.70. The van der Waals surface area contributed by atoms with Crippen molar-refractivity contribution in [3.63, 3.8) is 0 Å². The third-order valence-electron chi connectivity index (χ3n) is 6.20. The molecular weight excluding hydrogens is 438 g/mol. The summed E-state index contributed by atoms with van der Waals surface area (Å²) in [6.45, 7) is 0.318. The van der Waals surface area contributed by atoms with Gasteiger partial charge < -0.3 is 25.1 Å². The molecule has 0 spiro atoms. The van der Waals surface area contributed by atoms with E-state index < -0.39 is 11.7 Å². The number of nitrogen functional groups attached to an aromatic ring is 1. The van der Waals surface area contributed by atoms with Crippen molar-refractivity contribution in [1.82, 2.24) is 0 Å². The Morgan fingerprint density at radius 3 is 1.66 bits per heavy atom. The molecule has 4 aromatic carbocycles. The first-order chi connectivity index (χ1) is 17.1. The predicted molar refractivity (Wildman–Crippen MR) is 139 cm³/mol. The summed E-state index contributed by atoms with van der Waals surface area (Å²) in [7, 11) is 3.30. The van der Waals surface area contributed by atoms with E-state index in [2.05, 4.69) is 12.1 Å². The maximum Gasteiger partial charge on any atom is 0.143 e. The van der Waals surface area contributed by atoms with E-state index in [-0.39, 0.29) is 0 Å². The average Bonchev–Trinajstić information content (AvgIpc) is 2.92. The summed E-state index contributed by atoms with van der Waals surface area (Å²) in [5.74, 6) is 1.54. The first kappa shape index (κ1) is 24.3. The molecule has 5 nitrogen and oxygen atoms in total. The van der Waals surface area contributed by atoms with Gasteiger partial charge in [-0.2, -0.15) is 0 Å². The second-order valence-corrected chi connectivity index (χ2v) is 8.32. The van der Waals surface area contributed by atoms with Crippen LogP contribution in [0.1, 0.15) is 34.8 Å².